The maximum Gasteiger partial charge on any atom is 0.329 e. The number of benzene rings is 2. The van der Waals surface area contributed by atoms with Crippen LogP contribution in [0.5, 0.6) is 0 Å². The fourth-order valence-electron chi connectivity index (χ4n) is 4.38. The van der Waals surface area contributed by atoms with Crippen molar-refractivity contribution in [1.82, 2.24) is 20.2 Å². The van der Waals surface area contributed by atoms with E-state index in [1.54, 1.807) is 0 Å². The van der Waals surface area contributed by atoms with Gasteiger partial charge in [0.15, 0.2) is 0 Å². The van der Waals surface area contributed by atoms with Crippen LogP contribution in [0.15, 0.2) is 73.1 Å². The van der Waals surface area contributed by atoms with Gasteiger partial charge >= 0.3 is 5.97 Å². The SMILES string of the molecule is CCNC(=O)CCC(C(=O)OCc1ccccc1)N(C(C)=O)C(C)C.c1cnc2ccc3cc[nH]c3c2c1. The van der Waals surface area contributed by atoms with E-state index >= 15 is 0 Å². The Morgan fingerprint density at radius 2 is 1.79 bits per heavy atom. The van der Waals surface area contributed by atoms with Gasteiger partial charge < -0.3 is 19.9 Å². The highest BCUT2D eigenvalue weighted by Gasteiger charge is 2.31. The molecule has 0 radical (unpaired) electrons. The summed E-state index contributed by atoms with van der Waals surface area (Å²) in [4.78, 5) is 45.3. The molecule has 2 heterocycles. The summed E-state index contributed by atoms with van der Waals surface area (Å²) in [6.07, 6.45) is 4.17. The zero-order chi connectivity index (χ0) is 27.5. The molecular weight excluding hydrogens is 480 g/mol. The number of nitrogens with zero attached hydrogens (tertiary/aromatic N) is 2. The number of aromatic amines is 1. The van der Waals surface area contributed by atoms with Gasteiger partial charge in [0.05, 0.1) is 11.0 Å². The fraction of sp³-hybridized carbons (Fsp3) is 0.333. The summed E-state index contributed by atoms with van der Waals surface area (Å²) in [6.45, 7) is 7.60. The Morgan fingerprint density at radius 3 is 2.47 bits per heavy atom. The van der Waals surface area contributed by atoms with Gasteiger partial charge in [-0.2, -0.15) is 0 Å². The van der Waals surface area contributed by atoms with E-state index in [0.29, 0.717) is 6.54 Å². The molecule has 0 aliphatic carbocycles. The molecule has 2 N–H and O–H groups in total. The van der Waals surface area contributed by atoms with Crippen molar-refractivity contribution in [3.63, 3.8) is 0 Å². The smallest absolute Gasteiger partial charge is 0.329 e. The summed E-state index contributed by atoms with van der Waals surface area (Å²) < 4.78 is 5.40. The maximum absolute atomic E-state index is 12.6. The van der Waals surface area contributed by atoms with Crippen molar-refractivity contribution in [3.8, 4) is 0 Å². The van der Waals surface area contributed by atoms with Crippen LogP contribution in [-0.2, 0) is 25.7 Å². The predicted molar refractivity (Wildman–Crippen MR) is 149 cm³/mol. The maximum atomic E-state index is 12.6. The summed E-state index contributed by atoms with van der Waals surface area (Å²) >= 11 is 0. The van der Waals surface area contributed by atoms with E-state index in [-0.39, 0.29) is 37.3 Å². The van der Waals surface area contributed by atoms with Crippen molar-refractivity contribution >= 4 is 39.6 Å². The highest BCUT2D eigenvalue weighted by Crippen LogP contribution is 2.22. The molecule has 0 fully saturated rings. The van der Waals surface area contributed by atoms with Gasteiger partial charge in [-0.25, -0.2) is 4.79 Å². The minimum absolute atomic E-state index is 0.140. The van der Waals surface area contributed by atoms with Crippen LogP contribution >= 0.6 is 0 Å². The molecule has 0 saturated heterocycles. The number of nitrogens with one attached hydrogen (secondary N) is 2. The van der Waals surface area contributed by atoms with Gasteiger partial charge in [-0.1, -0.05) is 36.4 Å². The fourth-order valence-corrected chi connectivity index (χ4v) is 4.38. The lowest BCUT2D eigenvalue weighted by molar-refractivity contribution is -0.157. The van der Waals surface area contributed by atoms with Crippen LogP contribution < -0.4 is 5.32 Å². The number of amides is 2. The largest absolute Gasteiger partial charge is 0.459 e. The molecule has 0 saturated carbocycles. The Hall–Kier alpha value is -4.20. The average Bonchev–Trinajstić information content (AvgIpc) is 3.40. The molecule has 38 heavy (non-hydrogen) atoms. The minimum Gasteiger partial charge on any atom is -0.459 e. The first-order chi connectivity index (χ1) is 18.3. The van der Waals surface area contributed by atoms with E-state index in [9.17, 15) is 14.4 Å². The van der Waals surface area contributed by atoms with Crippen LogP contribution in [0.1, 0.15) is 46.1 Å². The van der Waals surface area contributed by atoms with Crippen LogP contribution in [0.25, 0.3) is 21.8 Å². The Bertz CT molecular complexity index is 1350. The van der Waals surface area contributed by atoms with E-state index in [2.05, 4.69) is 33.5 Å². The van der Waals surface area contributed by atoms with E-state index in [1.165, 1.54) is 28.1 Å². The number of aromatic nitrogens is 2. The Kier molecular flexibility index (Phi) is 10.4. The van der Waals surface area contributed by atoms with Crippen molar-refractivity contribution in [2.45, 2.75) is 59.2 Å². The summed E-state index contributed by atoms with van der Waals surface area (Å²) in [5, 5.41) is 5.12. The van der Waals surface area contributed by atoms with E-state index in [0.717, 1.165) is 11.1 Å². The van der Waals surface area contributed by atoms with Crippen LogP contribution in [0.4, 0.5) is 0 Å². The molecule has 4 rings (SSSR count). The second-order valence-corrected chi connectivity index (χ2v) is 9.20. The number of hydrogen-bond donors (Lipinski definition) is 2. The number of ether oxygens (including phenoxy) is 1. The molecule has 2 aromatic carbocycles. The first-order valence-electron chi connectivity index (χ1n) is 12.9. The van der Waals surface area contributed by atoms with Gasteiger partial charge in [-0.15, -0.1) is 0 Å². The third-order valence-electron chi connectivity index (χ3n) is 6.08. The van der Waals surface area contributed by atoms with Crippen molar-refractivity contribution in [1.29, 1.82) is 0 Å². The van der Waals surface area contributed by atoms with E-state index in [4.69, 9.17) is 4.74 Å². The number of carbonyl (C=O) groups is 3. The number of H-pyrrole nitrogens is 1. The highest BCUT2D eigenvalue weighted by molar-refractivity contribution is 6.03. The molecule has 8 nitrogen and oxygen atoms in total. The predicted octanol–water partition coefficient (Wildman–Crippen LogP) is 4.99. The molecule has 1 unspecified atom stereocenters. The lowest BCUT2D eigenvalue weighted by Gasteiger charge is -2.32. The van der Waals surface area contributed by atoms with Gasteiger partial charge in [0.2, 0.25) is 11.8 Å². The van der Waals surface area contributed by atoms with Gasteiger partial charge in [0, 0.05) is 49.1 Å². The summed E-state index contributed by atoms with van der Waals surface area (Å²) in [5.41, 5.74) is 3.08. The zero-order valence-electron chi connectivity index (χ0n) is 22.4. The molecule has 0 spiro atoms. The summed E-state index contributed by atoms with van der Waals surface area (Å²) in [7, 11) is 0. The zero-order valence-corrected chi connectivity index (χ0v) is 22.4. The van der Waals surface area contributed by atoms with Crippen molar-refractivity contribution in [3.05, 3.63) is 78.6 Å². The Labute approximate surface area is 223 Å². The number of fused-ring (bicyclic) bond motifs is 3. The summed E-state index contributed by atoms with van der Waals surface area (Å²) in [6, 6.07) is 18.7. The molecule has 0 bridgehead atoms. The average molecular weight is 517 g/mol. The van der Waals surface area contributed by atoms with Gasteiger partial charge in [-0.3, -0.25) is 14.6 Å². The first kappa shape index (κ1) is 28.4. The Balaban J connectivity index is 0.000000252. The second kappa shape index (κ2) is 13.9. The van der Waals surface area contributed by atoms with Gasteiger partial charge in [-0.05, 0) is 57.0 Å². The monoisotopic (exact) mass is 516 g/mol. The lowest BCUT2D eigenvalue weighted by atomic mass is 10.1. The second-order valence-electron chi connectivity index (χ2n) is 9.20. The van der Waals surface area contributed by atoms with E-state index < -0.39 is 12.0 Å². The Morgan fingerprint density at radius 1 is 1.03 bits per heavy atom. The molecule has 8 heteroatoms. The van der Waals surface area contributed by atoms with Crippen LogP contribution in [0.3, 0.4) is 0 Å². The minimum atomic E-state index is -0.774. The molecule has 2 aromatic heterocycles. The first-order valence-corrected chi connectivity index (χ1v) is 12.9. The van der Waals surface area contributed by atoms with Crippen LogP contribution in [0.2, 0.25) is 0 Å². The third kappa shape index (κ3) is 7.65. The van der Waals surface area contributed by atoms with E-state index in [1.807, 2.05) is 75.6 Å². The number of hydrogen-bond acceptors (Lipinski definition) is 5. The van der Waals surface area contributed by atoms with Crippen molar-refractivity contribution in [2.75, 3.05) is 6.54 Å². The molecule has 1 atom stereocenters. The lowest BCUT2D eigenvalue weighted by Crippen LogP contribution is -2.49. The molecule has 200 valence electrons. The van der Waals surface area contributed by atoms with Crippen molar-refractivity contribution in [2.24, 2.45) is 0 Å². The highest BCUT2D eigenvalue weighted by atomic mass is 16.5. The molecule has 2 amide bonds. The quantitative estimate of drug-likeness (QED) is 0.305. The molecular formula is C30H36N4O4. The summed E-state index contributed by atoms with van der Waals surface area (Å²) in [5.74, 6) is -0.847. The molecule has 0 aliphatic heterocycles. The molecule has 0 aliphatic rings. The number of esters is 1. The normalized spacial score (nSPS) is 11.5. The number of rotatable bonds is 9. The van der Waals surface area contributed by atoms with Crippen molar-refractivity contribution < 1.29 is 19.1 Å². The third-order valence-corrected chi connectivity index (χ3v) is 6.08. The van der Waals surface area contributed by atoms with Gasteiger partial charge in [0.1, 0.15) is 12.6 Å². The topological polar surface area (TPSA) is 104 Å². The number of pyridine rings is 1. The standard InChI is InChI=1S/C19H28N2O4.C11H8N2/c1-5-20-18(23)12-11-17(21(14(2)3)15(4)22)19(24)25-13-16-9-7-6-8-10-16;1-2-9-10(12-6-1)4-3-8-5-7-13-11(8)9/h6-10,14,17H,5,11-13H2,1-4H3,(H,20,23);1-7,13H. The van der Waals surface area contributed by atoms with Gasteiger partial charge in [0.25, 0.3) is 0 Å². The van der Waals surface area contributed by atoms with Crippen LogP contribution in [-0.4, -0.2) is 51.3 Å². The number of carbonyl (C=O) groups excluding carboxylic acids is 3. The van der Waals surface area contributed by atoms with Crippen LogP contribution in [0, 0.1) is 0 Å². The molecule has 4 aromatic rings.